The molecule has 0 saturated heterocycles. The molecule has 16 heavy (non-hydrogen) atoms. The van der Waals surface area contributed by atoms with Crippen molar-refractivity contribution in [2.75, 3.05) is 5.32 Å². The van der Waals surface area contributed by atoms with Crippen LogP contribution in [-0.4, -0.2) is 17.3 Å². The van der Waals surface area contributed by atoms with Gasteiger partial charge in [0.15, 0.2) is 5.58 Å². The number of aromatic nitrogens is 1. The zero-order valence-electron chi connectivity index (χ0n) is 7.79. The van der Waals surface area contributed by atoms with Crippen LogP contribution in [0, 0.1) is 0 Å². The van der Waals surface area contributed by atoms with Gasteiger partial charge in [-0.25, -0.2) is 4.79 Å². The molecule has 0 atom stereocenters. The number of carbonyl (C=O) groups excluding carboxylic acids is 1. The fraction of sp³-hybridized carbons (Fsp3) is 0.111. The smallest absolute Gasteiger partial charge is 0.408 e. The summed E-state index contributed by atoms with van der Waals surface area (Å²) in [6, 6.07) is 4.09. The Hall–Kier alpha value is -2.18. The first-order valence-corrected chi connectivity index (χ1v) is 4.28. The van der Waals surface area contributed by atoms with Crippen LogP contribution in [0.3, 0.4) is 0 Å². The number of rotatable bonds is 2. The second kappa shape index (κ2) is 3.76. The van der Waals surface area contributed by atoms with Crippen LogP contribution in [0.5, 0.6) is 0 Å². The normalized spacial score (nSPS) is 10.9. The maximum atomic E-state index is 11.9. The predicted molar refractivity (Wildman–Crippen MR) is 51.5 cm³/mol. The average Bonchev–Trinajstić information content (AvgIpc) is 2.57. The molecule has 0 unspecified atom stereocenters. The van der Waals surface area contributed by atoms with Gasteiger partial charge in [-0.3, -0.25) is 9.78 Å². The molecule has 5 nitrogen and oxygen atoms in total. The average molecular weight is 228 g/mol. The van der Waals surface area contributed by atoms with E-state index in [0.717, 1.165) is 0 Å². The number of hydrogen-bond acceptors (Lipinski definition) is 3. The summed E-state index contributed by atoms with van der Waals surface area (Å²) in [5.41, 5.74) is 0.784. The summed E-state index contributed by atoms with van der Waals surface area (Å²) < 4.78 is 28.6. The Morgan fingerprint density at radius 3 is 2.88 bits per heavy atom. The lowest BCUT2D eigenvalue weighted by atomic mass is 10.3. The van der Waals surface area contributed by atoms with Gasteiger partial charge in [-0.15, -0.1) is 0 Å². The van der Waals surface area contributed by atoms with Gasteiger partial charge in [0.2, 0.25) is 0 Å². The third-order valence-electron chi connectivity index (χ3n) is 1.88. The van der Waals surface area contributed by atoms with Crippen LogP contribution < -0.4 is 11.1 Å². The molecule has 0 aliphatic rings. The lowest BCUT2D eigenvalue weighted by Crippen LogP contribution is -2.19. The first-order valence-electron chi connectivity index (χ1n) is 4.28. The highest BCUT2D eigenvalue weighted by Crippen LogP contribution is 2.16. The maximum absolute atomic E-state index is 11.9. The third kappa shape index (κ3) is 1.92. The number of hydrogen-bond donors (Lipinski definition) is 2. The highest BCUT2D eigenvalue weighted by Gasteiger charge is 2.15. The number of anilines is 1. The van der Waals surface area contributed by atoms with E-state index in [4.69, 9.17) is 4.42 Å². The molecule has 1 heterocycles. The Morgan fingerprint density at radius 2 is 2.19 bits per heavy atom. The Balaban J connectivity index is 2.32. The van der Waals surface area contributed by atoms with E-state index in [-0.39, 0.29) is 5.69 Å². The van der Waals surface area contributed by atoms with Crippen molar-refractivity contribution in [1.82, 2.24) is 4.98 Å². The monoisotopic (exact) mass is 228 g/mol. The van der Waals surface area contributed by atoms with E-state index in [2.05, 4.69) is 4.98 Å². The van der Waals surface area contributed by atoms with Crippen LogP contribution in [0.4, 0.5) is 14.5 Å². The molecule has 0 aliphatic heterocycles. The van der Waals surface area contributed by atoms with Gasteiger partial charge >= 0.3 is 12.2 Å². The van der Waals surface area contributed by atoms with Gasteiger partial charge in [0.05, 0.1) is 5.52 Å². The number of halogens is 2. The molecule has 0 spiro atoms. The highest BCUT2D eigenvalue weighted by atomic mass is 19.3. The quantitative estimate of drug-likeness (QED) is 0.814. The lowest BCUT2D eigenvalue weighted by Gasteiger charge is -2.03. The molecule has 2 rings (SSSR count). The molecular weight excluding hydrogens is 222 g/mol. The van der Waals surface area contributed by atoms with E-state index in [9.17, 15) is 18.4 Å². The molecule has 7 heteroatoms. The van der Waals surface area contributed by atoms with Gasteiger partial charge in [-0.1, -0.05) is 0 Å². The van der Waals surface area contributed by atoms with Crippen molar-refractivity contribution in [2.45, 2.75) is 6.43 Å². The van der Waals surface area contributed by atoms with Crippen LogP contribution >= 0.6 is 0 Å². The van der Waals surface area contributed by atoms with E-state index in [1.165, 1.54) is 18.2 Å². The highest BCUT2D eigenvalue weighted by molar-refractivity contribution is 5.94. The largest absolute Gasteiger partial charge is 0.417 e. The summed E-state index contributed by atoms with van der Waals surface area (Å²) in [6.45, 7) is 0. The molecule has 84 valence electrons. The molecule has 0 saturated carbocycles. The summed E-state index contributed by atoms with van der Waals surface area (Å²) in [7, 11) is 0. The van der Waals surface area contributed by atoms with Gasteiger partial charge < -0.3 is 9.73 Å². The molecule has 0 bridgehead atoms. The van der Waals surface area contributed by atoms with Crippen LogP contribution in [0.1, 0.15) is 0 Å². The Morgan fingerprint density at radius 1 is 1.44 bits per heavy atom. The summed E-state index contributed by atoms with van der Waals surface area (Å²) in [5, 5.41) is 1.99. The topological polar surface area (TPSA) is 75.1 Å². The number of benzene rings is 1. The van der Waals surface area contributed by atoms with Crippen molar-refractivity contribution in [2.24, 2.45) is 0 Å². The number of fused-ring (bicyclic) bond motifs is 1. The number of amides is 1. The van der Waals surface area contributed by atoms with Gasteiger partial charge in [0.25, 0.3) is 5.91 Å². The summed E-state index contributed by atoms with van der Waals surface area (Å²) in [5.74, 6) is -2.04. The van der Waals surface area contributed by atoms with Gasteiger partial charge in [0.1, 0.15) is 0 Å². The molecule has 1 amide bonds. The van der Waals surface area contributed by atoms with Crippen LogP contribution in [0.2, 0.25) is 0 Å². The second-order valence-electron chi connectivity index (χ2n) is 3.02. The molecule has 0 fully saturated rings. The number of nitrogens with one attached hydrogen (secondary N) is 2. The van der Waals surface area contributed by atoms with E-state index >= 15 is 0 Å². The zero-order valence-corrected chi connectivity index (χ0v) is 7.79. The molecule has 0 radical (unpaired) electrons. The van der Waals surface area contributed by atoms with E-state index in [0.29, 0.717) is 11.1 Å². The lowest BCUT2D eigenvalue weighted by molar-refractivity contribution is -0.126. The summed E-state index contributed by atoms with van der Waals surface area (Å²) in [6.07, 6.45) is -3.08. The minimum atomic E-state index is -3.08. The zero-order chi connectivity index (χ0) is 11.7. The SMILES string of the molecule is O=C(Nc1ccc2oc(=O)[nH]c2c1)C(F)F. The molecular formula is C9H6F2N2O3. The van der Waals surface area contributed by atoms with Gasteiger partial charge in [0, 0.05) is 5.69 Å². The van der Waals surface area contributed by atoms with Crippen LogP contribution in [0.15, 0.2) is 27.4 Å². The Labute approximate surface area is 87.1 Å². The van der Waals surface area contributed by atoms with Crippen molar-refractivity contribution in [3.05, 3.63) is 28.7 Å². The van der Waals surface area contributed by atoms with E-state index < -0.39 is 18.1 Å². The maximum Gasteiger partial charge on any atom is 0.417 e. The van der Waals surface area contributed by atoms with Crippen LogP contribution in [-0.2, 0) is 4.79 Å². The van der Waals surface area contributed by atoms with Crippen LogP contribution in [0.25, 0.3) is 11.1 Å². The number of H-pyrrole nitrogens is 1. The van der Waals surface area contributed by atoms with Gasteiger partial charge in [-0.2, -0.15) is 8.78 Å². The number of carbonyl (C=O) groups is 1. The van der Waals surface area contributed by atoms with E-state index in [1.807, 2.05) is 5.32 Å². The summed E-state index contributed by atoms with van der Waals surface area (Å²) in [4.78, 5) is 23.8. The fourth-order valence-electron chi connectivity index (χ4n) is 1.23. The van der Waals surface area contributed by atoms with E-state index in [1.54, 1.807) is 0 Å². The van der Waals surface area contributed by atoms with Crippen molar-refractivity contribution < 1.29 is 18.0 Å². The minimum Gasteiger partial charge on any atom is -0.408 e. The predicted octanol–water partition coefficient (Wildman–Crippen LogP) is 1.32. The number of aromatic amines is 1. The third-order valence-corrected chi connectivity index (χ3v) is 1.88. The van der Waals surface area contributed by atoms with Crippen molar-refractivity contribution in [3.8, 4) is 0 Å². The molecule has 1 aromatic heterocycles. The summed E-state index contributed by atoms with van der Waals surface area (Å²) >= 11 is 0. The standard InChI is InChI=1S/C9H6F2N2O3/c10-7(11)8(14)12-4-1-2-6-5(3-4)13-9(15)16-6/h1-3,7H,(H,12,14)(H,13,15). The first-order chi connectivity index (χ1) is 7.56. The Bertz CT molecular complexity index is 588. The van der Waals surface area contributed by atoms with Crippen molar-refractivity contribution in [3.63, 3.8) is 0 Å². The number of oxazole rings is 1. The molecule has 1 aromatic carbocycles. The number of alkyl halides is 2. The molecule has 2 N–H and O–H groups in total. The van der Waals surface area contributed by atoms with Gasteiger partial charge in [-0.05, 0) is 18.2 Å². The molecule has 2 aromatic rings. The molecule has 0 aliphatic carbocycles. The fourth-order valence-corrected chi connectivity index (χ4v) is 1.23. The second-order valence-corrected chi connectivity index (χ2v) is 3.02. The van der Waals surface area contributed by atoms with Crippen molar-refractivity contribution in [1.29, 1.82) is 0 Å². The van der Waals surface area contributed by atoms with Crippen molar-refractivity contribution >= 4 is 22.7 Å². The first kappa shape index (κ1) is 10.3. The Kier molecular flexibility index (Phi) is 2.43. The minimum absolute atomic E-state index is 0.162.